The lowest BCUT2D eigenvalue weighted by molar-refractivity contribution is 0.271. The van der Waals surface area contributed by atoms with Gasteiger partial charge in [0.2, 0.25) is 5.96 Å². The Balaban J connectivity index is 2.17. The molecule has 0 spiro atoms. The fraction of sp³-hybridized carbons (Fsp3) is 0.222. The van der Waals surface area contributed by atoms with Crippen LogP contribution in [0.15, 0.2) is 46.4 Å². The highest BCUT2D eigenvalue weighted by Crippen LogP contribution is 2.27. The molecule has 2 rings (SSSR count). The Labute approximate surface area is 163 Å². The number of hydrogen-bond acceptors (Lipinski definition) is 6. The smallest absolute Gasteiger partial charge is 0.339 e. The van der Waals surface area contributed by atoms with Crippen LogP contribution in [0.4, 0.5) is 4.39 Å². The first-order valence-corrected chi connectivity index (χ1v) is 9.56. The summed E-state index contributed by atoms with van der Waals surface area (Å²) in [6, 6.07) is 8.06. The van der Waals surface area contributed by atoms with Gasteiger partial charge in [-0.15, -0.1) is 0 Å². The lowest BCUT2D eigenvalue weighted by atomic mass is 10.2. The van der Waals surface area contributed by atoms with E-state index < -0.39 is 15.9 Å². The second-order valence-corrected chi connectivity index (χ2v) is 7.44. The minimum absolute atomic E-state index is 0.0314. The summed E-state index contributed by atoms with van der Waals surface area (Å²) in [5, 5.41) is 12.0. The minimum Gasteiger partial charge on any atom is -0.492 e. The largest absolute Gasteiger partial charge is 0.492 e. The van der Waals surface area contributed by atoms with Gasteiger partial charge in [-0.3, -0.25) is 5.41 Å². The predicted octanol–water partition coefficient (Wildman–Crippen LogP) is 2.40. The quantitative estimate of drug-likeness (QED) is 0.300. The summed E-state index contributed by atoms with van der Waals surface area (Å²) in [6.45, 7) is 6.90. The molecule has 0 unspecified atom stereocenters. The Morgan fingerprint density at radius 1 is 1.25 bits per heavy atom. The van der Waals surface area contributed by atoms with Crippen LogP contribution in [0.2, 0.25) is 0 Å². The predicted molar refractivity (Wildman–Crippen MR) is 104 cm³/mol. The molecular weight excluding hydrogens is 387 g/mol. The van der Waals surface area contributed by atoms with Gasteiger partial charge in [0, 0.05) is 12.8 Å². The van der Waals surface area contributed by atoms with Crippen LogP contribution in [0, 0.1) is 25.1 Å². The summed E-state index contributed by atoms with van der Waals surface area (Å²) < 4.78 is 49.2. The van der Waals surface area contributed by atoms with Gasteiger partial charge in [-0.1, -0.05) is 6.07 Å². The standard InChI is InChI=1S/C18H21FN4O4S/c1-12-8-15(26-7-6-23(22-3)18(20)21)11-16(9-12)27-28(24,25)17-10-14(19)5-4-13(17)2/h4-5,8-11H,3,6-7H2,1-2H3,(H3,20,21). The zero-order valence-electron chi connectivity index (χ0n) is 15.5. The van der Waals surface area contributed by atoms with Gasteiger partial charge in [-0.2, -0.15) is 13.5 Å². The molecule has 0 aliphatic carbocycles. The Hall–Kier alpha value is -3.14. The Kier molecular flexibility index (Phi) is 6.57. The molecular formula is C18H21FN4O4S. The number of aryl methyl sites for hydroxylation is 2. The average molecular weight is 408 g/mol. The first-order valence-electron chi connectivity index (χ1n) is 8.15. The van der Waals surface area contributed by atoms with Gasteiger partial charge in [0.25, 0.3) is 0 Å². The van der Waals surface area contributed by atoms with Crippen molar-refractivity contribution in [1.82, 2.24) is 5.01 Å². The van der Waals surface area contributed by atoms with Gasteiger partial charge >= 0.3 is 10.1 Å². The van der Waals surface area contributed by atoms with Crippen molar-refractivity contribution in [2.75, 3.05) is 13.2 Å². The molecule has 28 heavy (non-hydrogen) atoms. The van der Waals surface area contributed by atoms with Gasteiger partial charge in [-0.05, 0) is 49.2 Å². The van der Waals surface area contributed by atoms with Gasteiger partial charge in [0.15, 0.2) is 0 Å². The monoisotopic (exact) mass is 408 g/mol. The van der Waals surface area contributed by atoms with E-state index in [2.05, 4.69) is 11.8 Å². The zero-order valence-corrected chi connectivity index (χ0v) is 16.3. The van der Waals surface area contributed by atoms with E-state index in [9.17, 15) is 12.8 Å². The van der Waals surface area contributed by atoms with E-state index in [1.54, 1.807) is 19.9 Å². The third kappa shape index (κ3) is 5.43. The number of benzene rings is 2. The van der Waals surface area contributed by atoms with E-state index in [1.807, 2.05) is 0 Å². The molecule has 3 N–H and O–H groups in total. The second-order valence-electron chi connectivity index (χ2n) is 5.93. The van der Waals surface area contributed by atoms with Gasteiger partial charge in [0.1, 0.15) is 28.8 Å². The van der Waals surface area contributed by atoms with Crippen LogP contribution in [0.5, 0.6) is 11.5 Å². The number of ether oxygens (including phenoxy) is 1. The molecule has 0 atom stereocenters. The van der Waals surface area contributed by atoms with Crippen molar-refractivity contribution in [3.8, 4) is 11.5 Å². The van der Waals surface area contributed by atoms with E-state index in [0.717, 1.165) is 11.1 Å². The normalized spacial score (nSPS) is 11.0. The molecule has 150 valence electrons. The van der Waals surface area contributed by atoms with Crippen molar-refractivity contribution in [2.24, 2.45) is 10.8 Å². The molecule has 0 radical (unpaired) electrons. The summed E-state index contributed by atoms with van der Waals surface area (Å²) >= 11 is 0. The number of nitrogens with two attached hydrogens (primary N) is 1. The maximum Gasteiger partial charge on any atom is 0.339 e. The molecule has 8 nitrogen and oxygen atoms in total. The van der Waals surface area contributed by atoms with E-state index in [4.69, 9.17) is 20.1 Å². The minimum atomic E-state index is -4.22. The molecule has 0 amide bonds. The molecule has 2 aromatic carbocycles. The first kappa shape index (κ1) is 21.2. The highest BCUT2D eigenvalue weighted by molar-refractivity contribution is 7.87. The molecule has 0 aliphatic heterocycles. The molecule has 0 bridgehead atoms. The van der Waals surface area contributed by atoms with Crippen molar-refractivity contribution >= 4 is 22.8 Å². The van der Waals surface area contributed by atoms with Gasteiger partial charge in [-0.25, -0.2) is 9.40 Å². The lowest BCUT2D eigenvalue weighted by Crippen LogP contribution is -2.34. The fourth-order valence-corrected chi connectivity index (χ4v) is 3.54. The van der Waals surface area contributed by atoms with Gasteiger partial charge < -0.3 is 14.7 Å². The average Bonchev–Trinajstić information content (AvgIpc) is 2.59. The topological polar surface area (TPSA) is 118 Å². The lowest BCUT2D eigenvalue weighted by Gasteiger charge is -2.16. The van der Waals surface area contributed by atoms with Crippen LogP contribution in [0.25, 0.3) is 0 Å². The number of rotatable bonds is 8. The maximum absolute atomic E-state index is 13.5. The van der Waals surface area contributed by atoms with Crippen LogP contribution < -0.4 is 14.7 Å². The number of hydrogen-bond donors (Lipinski definition) is 2. The number of hydrazone groups is 1. The molecule has 2 aromatic rings. The van der Waals surface area contributed by atoms with E-state index in [1.165, 1.54) is 24.3 Å². The summed E-state index contributed by atoms with van der Waals surface area (Å²) in [6.07, 6.45) is 0. The fourth-order valence-electron chi connectivity index (χ4n) is 2.38. The third-order valence-electron chi connectivity index (χ3n) is 3.67. The Bertz CT molecular complexity index is 995. The SMILES string of the molecule is C=NN(CCOc1cc(C)cc(OS(=O)(=O)c2cc(F)ccc2C)c1)C(=N)N. The van der Waals surface area contributed by atoms with Crippen LogP contribution in [0.3, 0.4) is 0 Å². The van der Waals surface area contributed by atoms with Crippen molar-refractivity contribution < 1.29 is 21.7 Å². The number of halogens is 1. The van der Waals surface area contributed by atoms with E-state index in [0.29, 0.717) is 16.9 Å². The highest BCUT2D eigenvalue weighted by Gasteiger charge is 2.20. The van der Waals surface area contributed by atoms with E-state index >= 15 is 0 Å². The van der Waals surface area contributed by atoms with Crippen molar-refractivity contribution in [2.45, 2.75) is 18.7 Å². The van der Waals surface area contributed by atoms with Crippen LogP contribution in [-0.4, -0.2) is 39.3 Å². The molecule has 0 aromatic heterocycles. The first-order chi connectivity index (χ1) is 13.1. The summed E-state index contributed by atoms with van der Waals surface area (Å²) in [7, 11) is -4.22. The maximum atomic E-state index is 13.5. The van der Waals surface area contributed by atoms with Crippen molar-refractivity contribution in [1.29, 1.82) is 5.41 Å². The Morgan fingerprint density at radius 2 is 1.93 bits per heavy atom. The van der Waals surface area contributed by atoms with E-state index in [-0.39, 0.29) is 29.8 Å². The molecule has 0 fully saturated rings. The van der Waals surface area contributed by atoms with Crippen LogP contribution in [-0.2, 0) is 10.1 Å². The molecule has 0 saturated heterocycles. The van der Waals surface area contributed by atoms with Gasteiger partial charge in [0.05, 0.1) is 6.54 Å². The number of guanidine groups is 1. The molecule has 0 aliphatic rings. The van der Waals surface area contributed by atoms with Crippen molar-refractivity contribution in [3.63, 3.8) is 0 Å². The molecule has 10 heteroatoms. The summed E-state index contributed by atoms with van der Waals surface area (Å²) in [5.41, 5.74) is 6.39. The second kappa shape index (κ2) is 8.70. The third-order valence-corrected chi connectivity index (χ3v) is 5.06. The Morgan fingerprint density at radius 3 is 2.57 bits per heavy atom. The molecule has 0 heterocycles. The summed E-state index contributed by atoms with van der Waals surface area (Å²) in [5.74, 6) is -0.562. The summed E-state index contributed by atoms with van der Waals surface area (Å²) in [4.78, 5) is -0.245. The zero-order chi connectivity index (χ0) is 20.9. The molecule has 0 saturated carbocycles. The van der Waals surface area contributed by atoms with Crippen molar-refractivity contribution in [3.05, 3.63) is 53.3 Å². The highest BCUT2D eigenvalue weighted by atomic mass is 32.2. The van der Waals surface area contributed by atoms with Crippen LogP contribution in [0.1, 0.15) is 11.1 Å². The number of nitrogens with zero attached hydrogens (tertiary/aromatic N) is 2. The number of nitrogens with one attached hydrogen (secondary N) is 1. The van der Waals surface area contributed by atoms with Crippen LogP contribution >= 0.6 is 0 Å².